The highest BCUT2D eigenvalue weighted by Gasteiger charge is 2.41. The first-order chi connectivity index (χ1) is 9.66. The summed E-state index contributed by atoms with van der Waals surface area (Å²) >= 11 is 0. The molecule has 1 aliphatic rings. The Bertz CT molecular complexity index is 678. The second-order valence-electron chi connectivity index (χ2n) is 4.99. The summed E-state index contributed by atoms with van der Waals surface area (Å²) in [5.41, 5.74) is 1.48. The highest BCUT2D eigenvalue weighted by molar-refractivity contribution is 6.03. The lowest BCUT2D eigenvalue weighted by atomic mass is 9.73. The van der Waals surface area contributed by atoms with Gasteiger partial charge in [-0.2, -0.15) is 0 Å². The Labute approximate surface area is 115 Å². The maximum Gasteiger partial charge on any atom is 0.307 e. The summed E-state index contributed by atoms with van der Waals surface area (Å²) in [7, 11) is 0. The Morgan fingerprint density at radius 1 is 1.15 bits per heavy atom. The summed E-state index contributed by atoms with van der Waals surface area (Å²) in [6, 6.07) is 9.18. The van der Waals surface area contributed by atoms with Crippen molar-refractivity contribution in [2.45, 2.75) is 12.8 Å². The third kappa shape index (κ3) is 2.11. The molecule has 1 aliphatic carbocycles. The van der Waals surface area contributed by atoms with Crippen molar-refractivity contribution in [2.75, 3.05) is 5.32 Å². The Morgan fingerprint density at radius 2 is 1.95 bits per heavy atom. The SMILES string of the molecule is O=C(O)C1CCC1C(=O)Nc1cccc2ncccc12. The molecule has 1 amide bonds. The molecule has 1 aromatic carbocycles. The van der Waals surface area contributed by atoms with E-state index in [9.17, 15) is 9.59 Å². The zero-order valence-corrected chi connectivity index (χ0v) is 10.7. The number of fused-ring (bicyclic) bond motifs is 1. The first-order valence-electron chi connectivity index (χ1n) is 6.54. The van der Waals surface area contributed by atoms with E-state index >= 15 is 0 Å². The molecule has 2 unspecified atom stereocenters. The monoisotopic (exact) mass is 270 g/mol. The van der Waals surface area contributed by atoms with Crippen molar-refractivity contribution in [3.63, 3.8) is 0 Å². The van der Waals surface area contributed by atoms with Gasteiger partial charge in [-0.15, -0.1) is 0 Å². The van der Waals surface area contributed by atoms with E-state index in [-0.39, 0.29) is 5.91 Å². The summed E-state index contributed by atoms with van der Waals surface area (Å²) in [5, 5.41) is 12.7. The fraction of sp³-hybridized carbons (Fsp3) is 0.267. The van der Waals surface area contributed by atoms with Gasteiger partial charge in [-0.3, -0.25) is 14.6 Å². The lowest BCUT2D eigenvalue weighted by Crippen LogP contribution is -2.41. The molecule has 0 aliphatic heterocycles. The van der Waals surface area contributed by atoms with Crippen LogP contribution in [0.2, 0.25) is 0 Å². The first-order valence-corrected chi connectivity index (χ1v) is 6.54. The van der Waals surface area contributed by atoms with Gasteiger partial charge < -0.3 is 10.4 Å². The molecule has 102 valence electrons. The minimum Gasteiger partial charge on any atom is -0.481 e. The third-order valence-electron chi connectivity index (χ3n) is 3.83. The summed E-state index contributed by atoms with van der Waals surface area (Å²) in [4.78, 5) is 27.4. The Balaban J connectivity index is 1.83. The number of anilines is 1. The number of nitrogens with one attached hydrogen (secondary N) is 1. The largest absolute Gasteiger partial charge is 0.481 e. The van der Waals surface area contributed by atoms with Crippen molar-refractivity contribution < 1.29 is 14.7 Å². The number of nitrogens with zero attached hydrogens (tertiary/aromatic N) is 1. The van der Waals surface area contributed by atoms with Crippen molar-refractivity contribution in [1.29, 1.82) is 0 Å². The minimum absolute atomic E-state index is 0.222. The third-order valence-corrected chi connectivity index (χ3v) is 3.83. The topological polar surface area (TPSA) is 79.3 Å². The molecule has 0 radical (unpaired) electrons. The minimum atomic E-state index is -0.893. The van der Waals surface area contributed by atoms with Crippen molar-refractivity contribution in [2.24, 2.45) is 11.8 Å². The summed E-state index contributed by atoms with van der Waals surface area (Å²) in [6.07, 6.45) is 2.90. The maximum absolute atomic E-state index is 12.2. The number of hydrogen-bond donors (Lipinski definition) is 2. The number of aliphatic carboxylic acids is 1. The number of carbonyl (C=O) groups is 2. The normalized spacial score (nSPS) is 21.2. The van der Waals surface area contributed by atoms with Crippen LogP contribution in [0.4, 0.5) is 5.69 Å². The predicted octanol–water partition coefficient (Wildman–Crippen LogP) is 2.28. The van der Waals surface area contributed by atoms with Crippen LogP contribution in [0.25, 0.3) is 10.9 Å². The number of amides is 1. The van der Waals surface area contributed by atoms with Crippen LogP contribution in [-0.2, 0) is 9.59 Å². The predicted molar refractivity (Wildman–Crippen MR) is 74.2 cm³/mol. The summed E-state index contributed by atoms with van der Waals surface area (Å²) in [6.45, 7) is 0. The van der Waals surface area contributed by atoms with E-state index in [0.29, 0.717) is 18.5 Å². The number of carbonyl (C=O) groups excluding carboxylic acids is 1. The number of benzene rings is 1. The van der Waals surface area contributed by atoms with Crippen LogP contribution < -0.4 is 5.32 Å². The molecule has 0 bridgehead atoms. The quantitative estimate of drug-likeness (QED) is 0.896. The number of pyridine rings is 1. The van der Waals surface area contributed by atoms with Gasteiger partial charge in [0.05, 0.1) is 23.0 Å². The second-order valence-corrected chi connectivity index (χ2v) is 4.99. The number of aromatic nitrogens is 1. The molecule has 1 saturated carbocycles. The molecule has 5 heteroatoms. The molecule has 0 spiro atoms. The van der Waals surface area contributed by atoms with Gasteiger partial charge in [-0.25, -0.2) is 0 Å². The molecule has 1 fully saturated rings. The van der Waals surface area contributed by atoms with E-state index in [1.165, 1.54) is 0 Å². The summed E-state index contributed by atoms with van der Waals surface area (Å²) in [5.74, 6) is -2.10. The van der Waals surface area contributed by atoms with Crippen LogP contribution >= 0.6 is 0 Å². The number of hydrogen-bond acceptors (Lipinski definition) is 3. The van der Waals surface area contributed by atoms with Gasteiger partial charge >= 0.3 is 5.97 Å². The lowest BCUT2D eigenvalue weighted by Gasteiger charge is -2.32. The highest BCUT2D eigenvalue weighted by Crippen LogP contribution is 2.35. The molecular formula is C15H14N2O3. The molecule has 1 aromatic heterocycles. The fourth-order valence-corrected chi connectivity index (χ4v) is 2.55. The zero-order valence-electron chi connectivity index (χ0n) is 10.7. The average Bonchev–Trinajstić information content (AvgIpc) is 2.37. The van der Waals surface area contributed by atoms with Crippen LogP contribution in [-0.4, -0.2) is 22.0 Å². The Morgan fingerprint density at radius 3 is 2.65 bits per heavy atom. The Hall–Kier alpha value is -2.43. The van der Waals surface area contributed by atoms with Crippen molar-refractivity contribution in [1.82, 2.24) is 4.98 Å². The second kappa shape index (κ2) is 4.92. The number of carboxylic acid groups (broad SMARTS) is 1. The number of carboxylic acids is 1. The maximum atomic E-state index is 12.2. The van der Waals surface area contributed by atoms with Gasteiger partial charge in [0.2, 0.25) is 5.91 Å². The van der Waals surface area contributed by atoms with Crippen LogP contribution in [0.1, 0.15) is 12.8 Å². The van der Waals surface area contributed by atoms with Crippen LogP contribution in [0, 0.1) is 11.8 Å². The van der Waals surface area contributed by atoms with E-state index in [2.05, 4.69) is 10.3 Å². The van der Waals surface area contributed by atoms with E-state index in [1.807, 2.05) is 18.2 Å². The van der Waals surface area contributed by atoms with E-state index < -0.39 is 17.8 Å². The molecule has 5 nitrogen and oxygen atoms in total. The van der Waals surface area contributed by atoms with Crippen LogP contribution in [0.5, 0.6) is 0 Å². The molecule has 1 heterocycles. The molecule has 3 rings (SSSR count). The molecule has 20 heavy (non-hydrogen) atoms. The van der Waals surface area contributed by atoms with Gasteiger partial charge in [0.15, 0.2) is 0 Å². The fourth-order valence-electron chi connectivity index (χ4n) is 2.55. The van der Waals surface area contributed by atoms with Crippen LogP contribution in [0.15, 0.2) is 36.5 Å². The van der Waals surface area contributed by atoms with Crippen molar-refractivity contribution >= 4 is 28.5 Å². The van der Waals surface area contributed by atoms with E-state index in [0.717, 1.165) is 10.9 Å². The van der Waals surface area contributed by atoms with Gasteiger partial charge in [-0.05, 0) is 37.1 Å². The van der Waals surface area contributed by atoms with Gasteiger partial charge in [0.1, 0.15) is 0 Å². The standard InChI is InChI=1S/C15H14N2O3/c18-14(9-6-7-10(9)15(19)20)17-13-5-1-4-12-11(13)3-2-8-16-12/h1-5,8-10H,6-7H2,(H,17,18)(H,19,20). The molecule has 2 atom stereocenters. The van der Waals surface area contributed by atoms with Gasteiger partial charge in [-0.1, -0.05) is 6.07 Å². The Kier molecular flexibility index (Phi) is 3.10. The van der Waals surface area contributed by atoms with Crippen molar-refractivity contribution in [3.05, 3.63) is 36.5 Å². The lowest BCUT2D eigenvalue weighted by molar-refractivity contribution is -0.151. The van der Waals surface area contributed by atoms with E-state index in [1.54, 1.807) is 18.3 Å². The molecule has 2 aromatic rings. The highest BCUT2D eigenvalue weighted by atomic mass is 16.4. The number of rotatable bonds is 3. The molecule has 0 saturated heterocycles. The van der Waals surface area contributed by atoms with Crippen molar-refractivity contribution in [3.8, 4) is 0 Å². The smallest absolute Gasteiger partial charge is 0.307 e. The first kappa shape index (κ1) is 12.6. The average molecular weight is 270 g/mol. The van der Waals surface area contributed by atoms with Gasteiger partial charge in [0.25, 0.3) is 0 Å². The zero-order chi connectivity index (χ0) is 14.1. The molecule has 2 N–H and O–H groups in total. The van der Waals surface area contributed by atoms with E-state index in [4.69, 9.17) is 5.11 Å². The molecular weight excluding hydrogens is 256 g/mol. The summed E-state index contributed by atoms with van der Waals surface area (Å²) < 4.78 is 0. The van der Waals surface area contributed by atoms with Gasteiger partial charge in [0, 0.05) is 11.6 Å². The van der Waals surface area contributed by atoms with Crippen LogP contribution in [0.3, 0.4) is 0 Å².